The van der Waals surface area contributed by atoms with Gasteiger partial charge in [-0.15, -0.1) is 6.58 Å². The summed E-state index contributed by atoms with van der Waals surface area (Å²) in [6.07, 6.45) is 5.13. The summed E-state index contributed by atoms with van der Waals surface area (Å²) in [4.78, 5) is 50.4. The smallest absolute Gasteiger partial charge is 0.317 e. The van der Waals surface area contributed by atoms with Gasteiger partial charge in [0.25, 0.3) is 0 Å². The second-order valence-electron chi connectivity index (χ2n) is 7.32. The van der Waals surface area contributed by atoms with Crippen molar-refractivity contribution < 1.29 is 4.79 Å². The minimum atomic E-state index is -0.626. The van der Waals surface area contributed by atoms with Crippen LogP contribution in [-0.4, -0.2) is 56.1 Å². The van der Waals surface area contributed by atoms with E-state index in [1.54, 1.807) is 41.6 Å². The molecule has 3 heterocycles. The van der Waals surface area contributed by atoms with Crippen LogP contribution in [0.3, 0.4) is 0 Å². The van der Waals surface area contributed by atoms with E-state index in [-0.39, 0.29) is 25.4 Å². The highest BCUT2D eigenvalue weighted by Gasteiger charge is 2.23. The van der Waals surface area contributed by atoms with Crippen LogP contribution in [0.5, 0.6) is 0 Å². The van der Waals surface area contributed by atoms with E-state index in [9.17, 15) is 14.4 Å². The van der Waals surface area contributed by atoms with Crippen LogP contribution in [0.4, 0.5) is 5.95 Å². The van der Waals surface area contributed by atoms with Gasteiger partial charge in [-0.1, -0.05) is 18.2 Å². The molecule has 1 aliphatic rings. The van der Waals surface area contributed by atoms with Crippen LogP contribution in [0, 0.1) is 0 Å². The summed E-state index contributed by atoms with van der Waals surface area (Å²) in [6.45, 7) is 6.50. The molecule has 1 saturated heterocycles. The zero-order valence-corrected chi connectivity index (χ0v) is 17.2. The molecule has 1 aliphatic heterocycles. The van der Waals surface area contributed by atoms with Crippen molar-refractivity contribution in [3.8, 4) is 0 Å². The van der Waals surface area contributed by atoms with Gasteiger partial charge in [0.15, 0.2) is 0 Å². The number of aromatic nitrogens is 4. The maximum atomic E-state index is 12.8. The van der Waals surface area contributed by atoms with Gasteiger partial charge in [0, 0.05) is 58.1 Å². The number of aryl methyl sites for hydroxylation is 1. The largest absolute Gasteiger partial charge is 0.339 e. The minimum Gasteiger partial charge on any atom is -0.339 e. The fourth-order valence-corrected chi connectivity index (χ4v) is 3.88. The highest BCUT2D eigenvalue weighted by Crippen LogP contribution is 2.13. The molecule has 3 aromatic rings. The van der Waals surface area contributed by atoms with Crippen molar-refractivity contribution in [3.05, 3.63) is 76.1 Å². The first-order valence-corrected chi connectivity index (χ1v) is 10.2. The molecule has 9 nitrogen and oxygen atoms in total. The van der Waals surface area contributed by atoms with Gasteiger partial charge in [0.2, 0.25) is 11.9 Å². The van der Waals surface area contributed by atoms with E-state index in [4.69, 9.17) is 0 Å². The summed E-state index contributed by atoms with van der Waals surface area (Å²) in [6, 6.07) is 8.98. The van der Waals surface area contributed by atoms with E-state index in [1.165, 1.54) is 9.13 Å². The Kier molecular flexibility index (Phi) is 5.92. The summed E-state index contributed by atoms with van der Waals surface area (Å²) in [5.74, 6) is 0.618. The van der Waals surface area contributed by atoms with Gasteiger partial charge in [-0.2, -0.15) is 0 Å². The van der Waals surface area contributed by atoms with Crippen LogP contribution in [-0.2, 0) is 17.9 Å². The maximum Gasteiger partial charge on any atom is 0.317 e. The Labute approximate surface area is 178 Å². The molecule has 9 heteroatoms. The molecule has 4 rings (SSSR count). The van der Waals surface area contributed by atoms with E-state index < -0.39 is 11.1 Å². The number of carbonyl (C=O) groups excluding carboxylic acids is 1. The van der Waals surface area contributed by atoms with Crippen LogP contribution < -0.4 is 16.0 Å². The summed E-state index contributed by atoms with van der Waals surface area (Å²) in [5, 5.41) is 0. The Morgan fingerprint density at radius 3 is 2.19 bits per heavy atom. The molecular weight excluding hydrogens is 396 g/mol. The summed E-state index contributed by atoms with van der Waals surface area (Å²) in [5.41, 5.74) is 0.0469. The van der Waals surface area contributed by atoms with E-state index in [2.05, 4.69) is 16.5 Å². The van der Waals surface area contributed by atoms with Crippen molar-refractivity contribution >= 4 is 22.9 Å². The number of anilines is 1. The second kappa shape index (κ2) is 8.95. The van der Waals surface area contributed by atoms with Crippen molar-refractivity contribution in [3.63, 3.8) is 0 Å². The van der Waals surface area contributed by atoms with Crippen molar-refractivity contribution in [2.75, 3.05) is 31.1 Å². The number of rotatable bonds is 6. The highest BCUT2D eigenvalue weighted by molar-refractivity contribution is 5.78. The number of nitrogens with zero attached hydrogens (tertiary/aromatic N) is 6. The minimum absolute atomic E-state index is 0.0418. The van der Waals surface area contributed by atoms with Gasteiger partial charge in [0.1, 0.15) is 0 Å². The zero-order chi connectivity index (χ0) is 21.8. The SMILES string of the molecule is C=CCn1c(=O)c(=O)n(CCC(=O)N2CCN(c3ncccn3)CC2)c2ccccc21. The summed E-state index contributed by atoms with van der Waals surface area (Å²) in [7, 11) is 0. The van der Waals surface area contributed by atoms with Crippen LogP contribution in [0.25, 0.3) is 11.0 Å². The number of para-hydroxylation sites is 2. The molecule has 1 aromatic carbocycles. The van der Waals surface area contributed by atoms with Crippen LogP contribution in [0.2, 0.25) is 0 Å². The van der Waals surface area contributed by atoms with Crippen molar-refractivity contribution in [2.45, 2.75) is 19.5 Å². The lowest BCUT2D eigenvalue weighted by Crippen LogP contribution is -2.49. The number of fused-ring (bicyclic) bond motifs is 1. The van der Waals surface area contributed by atoms with E-state index in [1.807, 2.05) is 17.0 Å². The fraction of sp³-hybridized carbons (Fsp3) is 0.318. The van der Waals surface area contributed by atoms with E-state index >= 15 is 0 Å². The number of piperazine rings is 1. The van der Waals surface area contributed by atoms with Gasteiger partial charge in [-0.05, 0) is 18.2 Å². The number of allylic oxidation sites excluding steroid dienone is 1. The predicted octanol–water partition coefficient (Wildman–Crippen LogP) is 0.878. The van der Waals surface area contributed by atoms with Crippen LogP contribution in [0.1, 0.15) is 6.42 Å². The topological polar surface area (TPSA) is 93.3 Å². The number of benzene rings is 1. The number of hydrogen-bond donors (Lipinski definition) is 0. The lowest BCUT2D eigenvalue weighted by Gasteiger charge is -2.34. The molecule has 0 unspecified atom stereocenters. The number of carbonyl (C=O) groups is 1. The molecule has 1 fully saturated rings. The molecule has 0 bridgehead atoms. The Bertz CT molecular complexity index is 1210. The van der Waals surface area contributed by atoms with Gasteiger partial charge >= 0.3 is 11.1 Å². The normalized spacial score (nSPS) is 14.1. The summed E-state index contributed by atoms with van der Waals surface area (Å²) < 4.78 is 2.82. The van der Waals surface area contributed by atoms with Gasteiger partial charge in [-0.25, -0.2) is 9.97 Å². The molecule has 160 valence electrons. The molecule has 2 aromatic heterocycles. The molecule has 0 saturated carbocycles. The lowest BCUT2D eigenvalue weighted by atomic mass is 10.2. The zero-order valence-electron chi connectivity index (χ0n) is 17.2. The maximum absolute atomic E-state index is 12.8. The lowest BCUT2D eigenvalue weighted by molar-refractivity contribution is -0.131. The van der Waals surface area contributed by atoms with Crippen molar-refractivity contribution in [1.82, 2.24) is 24.0 Å². The van der Waals surface area contributed by atoms with E-state index in [0.717, 1.165) is 0 Å². The molecule has 0 spiro atoms. The Hall–Kier alpha value is -3.75. The first-order chi connectivity index (χ1) is 15.1. The Balaban J connectivity index is 1.47. The molecule has 0 N–H and O–H groups in total. The number of hydrogen-bond acceptors (Lipinski definition) is 6. The molecular formula is C22H24N6O3. The van der Waals surface area contributed by atoms with E-state index in [0.29, 0.717) is 43.2 Å². The van der Waals surface area contributed by atoms with Crippen LogP contribution in [0.15, 0.2) is 65.0 Å². The van der Waals surface area contributed by atoms with Gasteiger partial charge in [0.05, 0.1) is 11.0 Å². The quantitative estimate of drug-likeness (QED) is 0.434. The van der Waals surface area contributed by atoms with Crippen molar-refractivity contribution in [2.24, 2.45) is 0 Å². The molecule has 31 heavy (non-hydrogen) atoms. The highest BCUT2D eigenvalue weighted by atomic mass is 16.2. The third-order valence-electron chi connectivity index (χ3n) is 5.46. The van der Waals surface area contributed by atoms with Gasteiger partial charge in [-0.3, -0.25) is 19.0 Å². The first-order valence-electron chi connectivity index (χ1n) is 10.2. The summed E-state index contributed by atoms with van der Waals surface area (Å²) >= 11 is 0. The monoisotopic (exact) mass is 420 g/mol. The number of amides is 1. The second-order valence-corrected chi connectivity index (χ2v) is 7.32. The Morgan fingerprint density at radius 2 is 1.55 bits per heavy atom. The van der Waals surface area contributed by atoms with Crippen LogP contribution >= 0.6 is 0 Å². The first kappa shape index (κ1) is 20.5. The third-order valence-corrected chi connectivity index (χ3v) is 5.46. The average molecular weight is 420 g/mol. The third kappa shape index (κ3) is 4.11. The fourth-order valence-electron chi connectivity index (χ4n) is 3.88. The molecule has 0 atom stereocenters. The van der Waals surface area contributed by atoms with Gasteiger partial charge < -0.3 is 14.4 Å². The molecule has 0 radical (unpaired) electrons. The van der Waals surface area contributed by atoms with Crippen molar-refractivity contribution in [1.29, 1.82) is 0 Å². The Morgan fingerprint density at radius 1 is 0.935 bits per heavy atom. The predicted molar refractivity (Wildman–Crippen MR) is 118 cm³/mol. The molecule has 1 amide bonds. The molecule has 0 aliphatic carbocycles. The average Bonchev–Trinajstić information content (AvgIpc) is 2.82. The standard InChI is InChI=1S/C22H24N6O3/c1-2-11-27-17-6-3-4-7-18(17)28(21(31)20(27)30)12-8-19(29)25-13-15-26(16-14-25)22-23-9-5-10-24-22/h2-7,9-10H,1,8,11-16H2.